The summed E-state index contributed by atoms with van der Waals surface area (Å²) in [6.45, 7) is 6.66. The maximum Gasteiger partial charge on any atom is 0.317 e. The summed E-state index contributed by atoms with van der Waals surface area (Å²) in [5.74, 6) is 1.53. The van der Waals surface area contributed by atoms with Crippen LogP contribution in [0.15, 0.2) is 18.2 Å². The lowest BCUT2D eigenvalue weighted by Gasteiger charge is -2.28. The van der Waals surface area contributed by atoms with E-state index in [9.17, 15) is 4.79 Å². The predicted octanol–water partition coefficient (Wildman–Crippen LogP) is 3.28. The number of hydrogen-bond donors (Lipinski definition) is 1. The Morgan fingerprint density at radius 1 is 1.38 bits per heavy atom. The fourth-order valence-electron chi connectivity index (χ4n) is 3.40. The van der Waals surface area contributed by atoms with E-state index >= 15 is 0 Å². The highest BCUT2D eigenvalue weighted by atomic mass is 16.5. The summed E-state index contributed by atoms with van der Waals surface area (Å²) >= 11 is 0. The molecule has 2 unspecified atom stereocenters. The van der Waals surface area contributed by atoms with Crippen molar-refractivity contribution in [3.63, 3.8) is 0 Å². The van der Waals surface area contributed by atoms with Gasteiger partial charge < -0.3 is 24.6 Å². The van der Waals surface area contributed by atoms with Gasteiger partial charge in [0.2, 0.25) is 0 Å². The largest absolute Gasteiger partial charge is 0.497 e. The maximum absolute atomic E-state index is 12.7. The number of amides is 2. The monoisotopic (exact) mass is 363 g/mol. The van der Waals surface area contributed by atoms with Crippen molar-refractivity contribution in [1.29, 1.82) is 0 Å². The van der Waals surface area contributed by atoms with Gasteiger partial charge in [0.15, 0.2) is 0 Å². The highest BCUT2D eigenvalue weighted by Crippen LogP contribution is 2.38. The van der Waals surface area contributed by atoms with Gasteiger partial charge in [-0.1, -0.05) is 6.92 Å². The molecular formula is C20H33N3O3. The zero-order valence-electron chi connectivity index (χ0n) is 16.7. The predicted molar refractivity (Wildman–Crippen MR) is 104 cm³/mol. The summed E-state index contributed by atoms with van der Waals surface area (Å²) in [5, 5.41) is 3.07. The Kier molecular flexibility index (Phi) is 7.57. The molecule has 1 aromatic rings. The molecular weight excluding hydrogens is 330 g/mol. The van der Waals surface area contributed by atoms with Gasteiger partial charge in [0.1, 0.15) is 11.5 Å². The first-order chi connectivity index (χ1) is 12.5. The normalized spacial score (nSPS) is 18.1. The van der Waals surface area contributed by atoms with Crippen molar-refractivity contribution >= 4 is 6.03 Å². The van der Waals surface area contributed by atoms with E-state index in [1.807, 2.05) is 23.1 Å². The van der Waals surface area contributed by atoms with Crippen LogP contribution < -0.4 is 14.8 Å². The summed E-state index contributed by atoms with van der Waals surface area (Å²) in [4.78, 5) is 16.9. The zero-order chi connectivity index (χ0) is 19.1. The topological polar surface area (TPSA) is 54.0 Å². The number of carbonyl (C=O) groups is 1. The van der Waals surface area contributed by atoms with E-state index in [2.05, 4.69) is 31.1 Å². The molecule has 2 atom stereocenters. The second-order valence-electron chi connectivity index (χ2n) is 6.93. The Hall–Kier alpha value is -1.95. The maximum atomic E-state index is 12.7. The first-order valence-corrected chi connectivity index (χ1v) is 9.48. The number of ether oxygens (including phenoxy) is 2. The highest BCUT2D eigenvalue weighted by Gasteiger charge is 2.32. The summed E-state index contributed by atoms with van der Waals surface area (Å²) in [6, 6.07) is 6.38. The number of methoxy groups -OCH3 is 2. The number of carbonyl (C=O) groups excluding carboxylic acids is 1. The van der Waals surface area contributed by atoms with E-state index in [0.29, 0.717) is 12.6 Å². The molecule has 146 valence electrons. The van der Waals surface area contributed by atoms with Gasteiger partial charge >= 0.3 is 6.03 Å². The SMILES string of the molecule is CCC(C)N(C)CCNC(=O)N1CCCC1c1ccc(OC)cc1OC. The molecule has 0 spiro atoms. The van der Waals surface area contributed by atoms with Crippen LogP contribution in [-0.4, -0.2) is 62.8 Å². The summed E-state index contributed by atoms with van der Waals surface area (Å²) < 4.78 is 10.8. The number of likely N-dealkylation sites (tertiary alicyclic amines) is 1. The molecule has 0 bridgehead atoms. The molecule has 1 heterocycles. The fourth-order valence-corrected chi connectivity index (χ4v) is 3.40. The molecule has 1 fully saturated rings. The lowest BCUT2D eigenvalue weighted by atomic mass is 10.0. The average molecular weight is 364 g/mol. The Morgan fingerprint density at radius 2 is 2.15 bits per heavy atom. The molecule has 1 saturated heterocycles. The van der Waals surface area contributed by atoms with Gasteiger partial charge in [-0.05, 0) is 45.4 Å². The van der Waals surface area contributed by atoms with E-state index in [0.717, 1.165) is 49.4 Å². The van der Waals surface area contributed by atoms with Crippen molar-refractivity contribution in [3.8, 4) is 11.5 Å². The van der Waals surface area contributed by atoms with Gasteiger partial charge in [-0.15, -0.1) is 0 Å². The molecule has 2 rings (SSSR count). The summed E-state index contributed by atoms with van der Waals surface area (Å²) in [7, 11) is 5.39. The minimum atomic E-state index is 0.00271. The van der Waals surface area contributed by atoms with E-state index < -0.39 is 0 Å². The summed E-state index contributed by atoms with van der Waals surface area (Å²) in [5.41, 5.74) is 1.04. The lowest BCUT2D eigenvalue weighted by molar-refractivity contribution is 0.188. The van der Waals surface area contributed by atoms with Gasteiger partial charge in [0.25, 0.3) is 0 Å². The van der Waals surface area contributed by atoms with Crippen molar-refractivity contribution in [2.75, 3.05) is 40.9 Å². The number of benzene rings is 1. The van der Waals surface area contributed by atoms with E-state index in [-0.39, 0.29) is 12.1 Å². The molecule has 0 saturated carbocycles. The number of rotatable bonds is 8. The van der Waals surface area contributed by atoms with Crippen molar-refractivity contribution in [3.05, 3.63) is 23.8 Å². The smallest absolute Gasteiger partial charge is 0.317 e. The van der Waals surface area contributed by atoms with Crippen LogP contribution in [0.4, 0.5) is 4.79 Å². The van der Waals surface area contributed by atoms with E-state index in [1.165, 1.54) is 0 Å². The number of hydrogen-bond acceptors (Lipinski definition) is 4. The third-order valence-electron chi connectivity index (χ3n) is 5.40. The van der Waals surface area contributed by atoms with E-state index in [4.69, 9.17) is 9.47 Å². The number of nitrogens with zero attached hydrogens (tertiary/aromatic N) is 2. The van der Waals surface area contributed by atoms with E-state index in [1.54, 1.807) is 14.2 Å². The van der Waals surface area contributed by atoms with Crippen LogP contribution in [0.5, 0.6) is 11.5 Å². The van der Waals surface area contributed by atoms with Gasteiger partial charge in [0.05, 0.1) is 20.3 Å². The first kappa shape index (κ1) is 20.4. The highest BCUT2D eigenvalue weighted by molar-refractivity contribution is 5.75. The Balaban J connectivity index is 2.00. The Labute approximate surface area is 157 Å². The van der Waals surface area contributed by atoms with Crippen LogP contribution in [0.2, 0.25) is 0 Å². The minimum Gasteiger partial charge on any atom is -0.497 e. The molecule has 6 nitrogen and oxygen atoms in total. The van der Waals surface area contributed by atoms with Crippen molar-refractivity contribution in [2.45, 2.75) is 45.2 Å². The Bertz CT molecular complexity index is 594. The number of likely N-dealkylation sites (N-methyl/N-ethyl adjacent to an activating group) is 1. The molecule has 0 aromatic heterocycles. The molecule has 1 N–H and O–H groups in total. The van der Waals surface area contributed by atoms with Crippen LogP contribution in [0.1, 0.15) is 44.7 Å². The second kappa shape index (κ2) is 9.67. The molecule has 0 radical (unpaired) electrons. The van der Waals surface area contributed by atoms with Crippen molar-refractivity contribution in [1.82, 2.24) is 15.1 Å². The third-order valence-corrected chi connectivity index (χ3v) is 5.40. The first-order valence-electron chi connectivity index (χ1n) is 9.48. The lowest BCUT2D eigenvalue weighted by Crippen LogP contribution is -2.43. The quantitative estimate of drug-likeness (QED) is 0.770. The standard InChI is InChI=1S/C20H33N3O3/c1-6-15(2)22(3)13-11-21-20(24)23-12-7-8-18(23)17-10-9-16(25-4)14-19(17)26-5/h9-10,14-15,18H,6-8,11-13H2,1-5H3,(H,21,24). The molecule has 2 amide bonds. The van der Waals surface area contributed by atoms with Gasteiger partial charge in [0, 0.05) is 37.3 Å². The van der Waals surface area contributed by atoms with Crippen LogP contribution in [-0.2, 0) is 0 Å². The summed E-state index contributed by atoms with van der Waals surface area (Å²) in [6.07, 6.45) is 3.05. The number of nitrogens with one attached hydrogen (secondary N) is 1. The zero-order valence-corrected chi connectivity index (χ0v) is 16.7. The van der Waals surface area contributed by atoms with Crippen LogP contribution in [0.25, 0.3) is 0 Å². The van der Waals surface area contributed by atoms with Crippen LogP contribution in [0.3, 0.4) is 0 Å². The molecule has 1 aliphatic rings. The Morgan fingerprint density at radius 3 is 2.81 bits per heavy atom. The van der Waals surface area contributed by atoms with Gasteiger partial charge in [-0.2, -0.15) is 0 Å². The van der Waals surface area contributed by atoms with Crippen LogP contribution >= 0.6 is 0 Å². The minimum absolute atomic E-state index is 0.00271. The van der Waals surface area contributed by atoms with Crippen LogP contribution in [0, 0.1) is 0 Å². The molecule has 1 aromatic carbocycles. The third kappa shape index (κ3) is 4.81. The van der Waals surface area contributed by atoms with Gasteiger partial charge in [-0.25, -0.2) is 4.79 Å². The molecule has 26 heavy (non-hydrogen) atoms. The fraction of sp³-hybridized carbons (Fsp3) is 0.650. The second-order valence-corrected chi connectivity index (χ2v) is 6.93. The number of urea groups is 1. The average Bonchev–Trinajstić information content (AvgIpc) is 3.16. The molecule has 1 aliphatic heterocycles. The van der Waals surface area contributed by atoms with Crippen molar-refractivity contribution < 1.29 is 14.3 Å². The van der Waals surface area contributed by atoms with Gasteiger partial charge in [-0.3, -0.25) is 0 Å². The molecule has 6 heteroatoms. The van der Waals surface area contributed by atoms with Crippen molar-refractivity contribution in [2.24, 2.45) is 0 Å². The molecule has 0 aliphatic carbocycles.